The van der Waals surface area contributed by atoms with Crippen molar-refractivity contribution < 1.29 is 17.6 Å². The van der Waals surface area contributed by atoms with E-state index >= 15 is 0 Å². The molecule has 0 N–H and O–H groups in total. The molecule has 176 valence electrons. The number of halogens is 4. The fourth-order valence-electron chi connectivity index (χ4n) is 4.01. The third kappa shape index (κ3) is 5.92. The van der Waals surface area contributed by atoms with E-state index in [1.54, 1.807) is 6.07 Å². The van der Waals surface area contributed by atoms with Crippen LogP contribution in [-0.2, 0) is 12.6 Å². The van der Waals surface area contributed by atoms with E-state index in [9.17, 15) is 17.6 Å². The standard InChI is InChI=1S/C27H30F4N2/c1-4-6-15-33(5-2)25-17-23(10-9-20(25)11-13-28)24-16-21(8-7-19(24)3)22-12-14-32-26(18-22)27(29,30)31/h7-10,12,14,16-18H,4-6,11,13,15H2,1-3H3. The zero-order chi connectivity index (χ0) is 24.0. The molecule has 0 saturated carbocycles. The zero-order valence-corrected chi connectivity index (χ0v) is 19.3. The molecule has 0 amide bonds. The second kappa shape index (κ2) is 10.8. The number of hydrogen-bond donors (Lipinski definition) is 0. The molecule has 0 unspecified atom stereocenters. The van der Waals surface area contributed by atoms with E-state index in [4.69, 9.17) is 0 Å². The molecule has 1 aromatic heterocycles. The fourth-order valence-corrected chi connectivity index (χ4v) is 4.01. The van der Waals surface area contributed by atoms with Crippen molar-refractivity contribution in [3.8, 4) is 22.3 Å². The second-order valence-corrected chi connectivity index (χ2v) is 8.17. The number of aryl methyl sites for hydroxylation is 2. The van der Waals surface area contributed by atoms with Gasteiger partial charge in [0.15, 0.2) is 0 Å². The van der Waals surface area contributed by atoms with Crippen molar-refractivity contribution in [3.63, 3.8) is 0 Å². The van der Waals surface area contributed by atoms with Crippen LogP contribution in [-0.4, -0.2) is 24.7 Å². The van der Waals surface area contributed by atoms with E-state index in [2.05, 4.69) is 29.8 Å². The molecule has 1 heterocycles. The highest BCUT2D eigenvalue weighted by Crippen LogP contribution is 2.35. The van der Waals surface area contributed by atoms with Crippen molar-refractivity contribution >= 4 is 5.69 Å². The highest BCUT2D eigenvalue weighted by atomic mass is 19.4. The van der Waals surface area contributed by atoms with Crippen LogP contribution in [0.5, 0.6) is 0 Å². The van der Waals surface area contributed by atoms with Crippen molar-refractivity contribution in [2.45, 2.75) is 46.2 Å². The molecule has 0 fully saturated rings. The first-order chi connectivity index (χ1) is 15.8. The van der Waals surface area contributed by atoms with Crippen LogP contribution >= 0.6 is 0 Å². The van der Waals surface area contributed by atoms with Crippen molar-refractivity contribution in [1.29, 1.82) is 0 Å². The summed E-state index contributed by atoms with van der Waals surface area (Å²) in [6.07, 6.45) is -0.831. The summed E-state index contributed by atoms with van der Waals surface area (Å²) in [5, 5.41) is 0. The molecular weight excluding hydrogens is 428 g/mol. The summed E-state index contributed by atoms with van der Waals surface area (Å²) in [6.45, 7) is 7.51. The molecule has 0 aliphatic carbocycles. The van der Waals surface area contributed by atoms with Gasteiger partial charge in [-0.15, -0.1) is 0 Å². The van der Waals surface area contributed by atoms with Gasteiger partial charge in [-0.1, -0.05) is 37.6 Å². The van der Waals surface area contributed by atoms with Gasteiger partial charge < -0.3 is 4.90 Å². The molecule has 0 saturated heterocycles. The predicted octanol–water partition coefficient (Wildman–Crippen LogP) is 7.88. The van der Waals surface area contributed by atoms with Crippen LogP contribution in [0.15, 0.2) is 54.7 Å². The SMILES string of the molecule is CCCCN(CC)c1cc(-c2cc(-c3ccnc(C(F)(F)F)c3)ccc2C)ccc1CCF. The van der Waals surface area contributed by atoms with E-state index in [0.717, 1.165) is 59.9 Å². The van der Waals surface area contributed by atoms with Crippen LogP contribution in [0.1, 0.15) is 43.5 Å². The normalized spacial score (nSPS) is 11.6. The Hall–Kier alpha value is -2.89. The molecule has 2 aromatic carbocycles. The highest BCUT2D eigenvalue weighted by Gasteiger charge is 2.32. The van der Waals surface area contributed by atoms with Gasteiger partial charge in [-0.05, 0) is 77.9 Å². The topological polar surface area (TPSA) is 16.1 Å². The van der Waals surface area contributed by atoms with E-state index in [-0.39, 0.29) is 0 Å². The number of benzene rings is 2. The van der Waals surface area contributed by atoms with E-state index in [1.807, 2.05) is 37.3 Å². The first-order valence-corrected chi connectivity index (χ1v) is 11.4. The van der Waals surface area contributed by atoms with Crippen molar-refractivity contribution in [2.75, 3.05) is 24.7 Å². The van der Waals surface area contributed by atoms with Gasteiger partial charge in [0.1, 0.15) is 5.69 Å². The van der Waals surface area contributed by atoms with Crippen molar-refractivity contribution in [1.82, 2.24) is 4.98 Å². The van der Waals surface area contributed by atoms with Crippen LogP contribution in [0.4, 0.5) is 23.2 Å². The molecule has 0 aliphatic heterocycles. The lowest BCUT2D eigenvalue weighted by Crippen LogP contribution is -2.25. The number of anilines is 1. The zero-order valence-electron chi connectivity index (χ0n) is 19.3. The summed E-state index contributed by atoms with van der Waals surface area (Å²) in [5.74, 6) is 0. The predicted molar refractivity (Wildman–Crippen MR) is 127 cm³/mol. The summed E-state index contributed by atoms with van der Waals surface area (Å²) < 4.78 is 52.6. The summed E-state index contributed by atoms with van der Waals surface area (Å²) in [4.78, 5) is 5.74. The van der Waals surface area contributed by atoms with Gasteiger partial charge >= 0.3 is 6.18 Å². The Balaban J connectivity index is 2.07. The number of nitrogens with zero attached hydrogens (tertiary/aromatic N) is 2. The third-order valence-electron chi connectivity index (χ3n) is 5.89. The van der Waals surface area contributed by atoms with Gasteiger partial charge in [0.25, 0.3) is 0 Å². The van der Waals surface area contributed by atoms with E-state index in [0.29, 0.717) is 17.5 Å². The molecule has 33 heavy (non-hydrogen) atoms. The minimum absolute atomic E-state index is 0.356. The average molecular weight is 459 g/mol. The van der Waals surface area contributed by atoms with Gasteiger partial charge in [0.05, 0.1) is 6.67 Å². The maximum absolute atomic E-state index is 13.2. The summed E-state index contributed by atoms with van der Waals surface area (Å²) in [7, 11) is 0. The van der Waals surface area contributed by atoms with Gasteiger partial charge in [0.2, 0.25) is 0 Å². The summed E-state index contributed by atoms with van der Waals surface area (Å²) in [6, 6.07) is 14.4. The summed E-state index contributed by atoms with van der Waals surface area (Å²) in [5.41, 5.74) is 5.16. The molecule has 0 radical (unpaired) electrons. The van der Waals surface area contributed by atoms with Gasteiger partial charge in [-0.3, -0.25) is 9.37 Å². The molecule has 2 nitrogen and oxygen atoms in total. The highest BCUT2D eigenvalue weighted by molar-refractivity contribution is 5.78. The number of unbranched alkanes of at least 4 members (excludes halogenated alkanes) is 1. The average Bonchev–Trinajstić information content (AvgIpc) is 2.80. The van der Waals surface area contributed by atoms with Crippen LogP contribution in [0.25, 0.3) is 22.3 Å². The maximum atomic E-state index is 13.2. The van der Waals surface area contributed by atoms with Gasteiger partial charge in [0, 0.05) is 31.4 Å². The minimum Gasteiger partial charge on any atom is -0.372 e. The first kappa shape index (κ1) is 24.7. The Kier molecular flexibility index (Phi) is 8.11. The van der Waals surface area contributed by atoms with Gasteiger partial charge in [-0.2, -0.15) is 13.2 Å². The van der Waals surface area contributed by atoms with Crippen LogP contribution in [0, 0.1) is 6.92 Å². The number of rotatable bonds is 9. The molecule has 3 aromatic rings. The first-order valence-electron chi connectivity index (χ1n) is 11.4. The monoisotopic (exact) mass is 458 g/mol. The van der Waals surface area contributed by atoms with Crippen LogP contribution in [0.2, 0.25) is 0 Å². The Morgan fingerprint density at radius 2 is 1.64 bits per heavy atom. The Morgan fingerprint density at radius 3 is 2.30 bits per heavy atom. The molecule has 3 rings (SSSR count). The lowest BCUT2D eigenvalue weighted by molar-refractivity contribution is -0.141. The molecule has 0 aliphatic rings. The Labute approximate surface area is 193 Å². The fraction of sp³-hybridized carbons (Fsp3) is 0.370. The van der Waals surface area contributed by atoms with E-state index in [1.165, 1.54) is 6.20 Å². The quantitative estimate of drug-likeness (QED) is 0.303. The number of pyridine rings is 1. The Bertz CT molecular complexity index is 1080. The minimum atomic E-state index is -4.49. The molecule has 0 spiro atoms. The number of hydrogen-bond acceptors (Lipinski definition) is 2. The summed E-state index contributed by atoms with van der Waals surface area (Å²) >= 11 is 0. The number of aromatic nitrogens is 1. The number of alkyl halides is 4. The van der Waals surface area contributed by atoms with E-state index < -0.39 is 18.5 Å². The third-order valence-corrected chi connectivity index (χ3v) is 5.89. The maximum Gasteiger partial charge on any atom is 0.433 e. The van der Waals surface area contributed by atoms with Crippen molar-refractivity contribution in [2.24, 2.45) is 0 Å². The molecule has 0 atom stereocenters. The lowest BCUT2D eigenvalue weighted by Gasteiger charge is -2.26. The molecular formula is C27H30F4N2. The Morgan fingerprint density at radius 1 is 0.909 bits per heavy atom. The van der Waals surface area contributed by atoms with Crippen molar-refractivity contribution in [3.05, 3.63) is 71.5 Å². The smallest absolute Gasteiger partial charge is 0.372 e. The molecule has 0 bridgehead atoms. The van der Waals surface area contributed by atoms with Crippen LogP contribution in [0.3, 0.4) is 0 Å². The lowest BCUT2D eigenvalue weighted by atomic mass is 9.93. The van der Waals surface area contributed by atoms with Gasteiger partial charge in [-0.25, -0.2) is 0 Å². The molecule has 6 heteroatoms. The van der Waals surface area contributed by atoms with Crippen LogP contribution < -0.4 is 4.90 Å². The second-order valence-electron chi connectivity index (χ2n) is 8.17. The largest absolute Gasteiger partial charge is 0.433 e.